The Morgan fingerprint density at radius 1 is 1.25 bits per heavy atom. The van der Waals surface area contributed by atoms with Crippen LogP contribution in [0.2, 0.25) is 0 Å². The Kier molecular flexibility index (Phi) is 7.70. The van der Waals surface area contributed by atoms with Crippen molar-refractivity contribution < 1.29 is 17.9 Å². The van der Waals surface area contributed by atoms with Crippen LogP contribution in [0, 0.1) is 0 Å². The van der Waals surface area contributed by atoms with Gasteiger partial charge in [-0.3, -0.25) is 4.99 Å². The minimum absolute atomic E-state index is 0.173. The molecule has 7 heteroatoms. The second kappa shape index (κ2) is 8.20. The lowest BCUT2D eigenvalue weighted by Gasteiger charge is -2.12. The van der Waals surface area contributed by atoms with Crippen LogP contribution in [-0.4, -0.2) is 46.0 Å². The molecule has 0 unspecified atom stereocenters. The molecule has 16 heavy (non-hydrogen) atoms. The van der Waals surface area contributed by atoms with E-state index in [9.17, 15) is 13.2 Å². The Bertz CT molecular complexity index is 207. The number of hydrogen-bond acceptors (Lipinski definition) is 2. The van der Waals surface area contributed by atoms with Crippen LogP contribution in [-0.2, 0) is 4.74 Å². The van der Waals surface area contributed by atoms with Gasteiger partial charge < -0.3 is 15.4 Å². The van der Waals surface area contributed by atoms with E-state index in [1.165, 1.54) is 7.05 Å². The van der Waals surface area contributed by atoms with Crippen molar-refractivity contribution in [3.8, 4) is 0 Å². The number of methoxy groups -OCH3 is 1. The molecule has 0 atom stereocenters. The number of nitrogens with zero attached hydrogens (tertiary/aromatic N) is 1. The fourth-order valence-corrected chi connectivity index (χ4v) is 0.967. The van der Waals surface area contributed by atoms with Gasteiger partial charge in [0.05, 0.1) is 6.42 Å². The Hall–Kier alpha value is -0.980. The third-order valence-corrected chi connectivity index (χ3v) is 1.74. The van der Waals surface area contributed by atoms with E-state index in [0.29, 0.717) is 19.1 Å². The Balaban J connectivity index is 3.61. The quantitative estimate of drug-likeness (QED) is 0.416. The predicted molar refractivity (Wildman–Crippen MR) is 56.5 cm³/mol. The van der Waals surface area contributed by atoms with Crippen LogP contribution >= 0.6 is 0 Å². The maximum Gasteiger partial charge on any atom is 0.390 e. The van der Waals surface area contributed by atoms with Crippen LogP contribution in [0.3, 0.4) is 0 Å². The molecule has 0 bridgehead atoms. The molecule has 0 radical (unpaired) electrons. The van der Waals surface area contributed by atoms with E-state index in [1.807, 2.05) is 0 Å². The summed E-state index contributed by atoms with van der Waals surface area (Å²) in [6, 6.07) is 0. The first kappa shape index (κ1) is 15.0. The van der Waals surface area contributed by atoms with E-state index >= 15 is 0 Å². The van der Waals surface area contributed by atoms with Crippen molar-refractivity contribution in [2.45, 2.75) is 19.0 Å². The summed E-state index contributed by atoms with van der Waals surface area (Å²) in [5.74, 6) is 0.375. The molecule has 0 aromatic carbocycles. The Morgan fingerprint density at radius 2 is 1.88 bits per heavy atom. The van der Waals surface area contributed by atoms with E-state index in [1.54, 1.807) is 7.11 Å². The number of aliphatic imine (C=N–C) groups is 1. The molecule has 0 heterocycles. The highest BCUT2D eigenvalue weighted by atomic mass is 19.4. The first-order valence-electron chi connectivity index (χ1n) is 5.00. The lowest BCUT2D eigenvalue weighted by Crippen LogP contribution is -2.39. The molecule has 0 aromatic heterocycles. The molecule has 0 saturated carbocycles. The molecule has 0 saturated heterocycles. The molecule has 0 fully saturated rings. The zero-order chi connectivity index (χ0) is 12.4. The van der Waals surface area contributed by atoms with Gasteiger partial charge in [-0.15, -0.1) is 0 Å². The van der Waals surface area contributed by atoms with Crippen LogP contribution in [0.25, 0.3) is 0 Å². The molecular formula is C9H18F3N3O. The standard InChI is InChI=1S/C9H18F3N3O/c1-13-8(14-5-3-7-16-2)15-6-4-9(10,11)12/h3-7H2,1-2H3,(H2,13,14,15). The number of rotatable bonds is 6. The predicted octanol–water partition coefficient (Wildman–Crippen LogP) is 1.14. The highest BCUT2D eigenvalue weighted by Gasteiger charge is 2.26. The van der Waals surface area contributed by atoms with Crippen LogP contribution < -0.4 is 10.6 Å². The molecule has 0 aliphatic carbocycles. The average molecular weight is 241 g/mol. The van der Waals surface area contributed by atoms with Crippen molar-refractivity contribution in [1.82, 2.24) is 10.6 Å². The monoisotopic (exact) mass is 241 g/mol. The van der Waals surface area contributed by atoms with Crippen molar-refractivity contribution in [3.05, 3.63) is 0 Å². The van der Waals surface area contributed by atoms with E-state index in [-0.39, 0.29) is 6.54 Å². The molecule has 4 nitrogen and oxygen atoms in total. The summed E-state index contributed by atoms with van der Waals surface area (Å²) in [6.45, 7) is 1.04. The van der Waals surface area contributed by atoms with Gasteiger partial charge in [0.1, 0.15) is 0 Å². The van der Waals surface area contributed by atoms with E-state index in [2.05, 4.69) is 15.6 Å². The molecule has 0 aromatic rings. The zero-order valence-corrected chi connectivity index (χ0v) is 9.52. The highest BCUT2D eigenvalue weighted by Crippen LogP contribution is 2.17. The molecule has 0 spiro atoms. The molecule has 0 amide bonds. The number of ether oxygens (including phenoxy) is 1. The summed E-state index contributed by atoms with van der Waals surface area (Å²) in [7, 11) is 3.11. The summed E-state index contributed by atoms with van der Waals surface area (Å²) in [5.41, 5.74) is 0. The fourth-order valence-electron chi connectivity index (χ4n) is 0.967. The van der Waals surface area contributed by atoms with Crippen LogP contribution in [0.1, 0.15) is 12.8 Å². The van der Waals surface area contributed by atoms with Crippen LogP contribution in [0.5, 0.6) is 0 Å². The van der Waals surface area contributed by atoms with Gasteiger partial charge >= 0.3 is 6.18 Å². The van der Waals surface area contributed by atoms with Crippen molar-refractivity contribution in [2.24, 2.45) is 4.99 Å². The van der Waals surface area contributed by atoms with Gasteiger partial charge in [0.15, 0.2) is 5.96 Å². The Labute approximate surface area is 93.3 Å². The lowest BCUT2D eigenvalue weighted by atomic mass is 10.4. The largest absolute Gasteiger partial charge is 0.390 e. The molecule has 2 N–H and O–H groups in total. The second-order valence-corrected chi connectivity index (χ2v) is 3.14. The number of guanidine groups is 1. The maximum absolute atomic E-state index is 11.8. The van der Waals surface area contributed by atoms with Gasteiger partial charge in [-0.05, 0) is 6.42 Å². The van der Waals surface area contributed by atoms with Crippen molar-refractivity contribution >= 4 is 5.96 Å². The number of hydrogen-bond donors (Lipinski definition) is 2. The summed E-state index contributed by atoms with van der Waals surface area (Å²) in [5, 5.41) is 5.46. The normalized spacial score (nSPS) is 12.7. The molecule has 0 aliphatic rings. The number of halogens is 3. The van der Waals surface area contributed by atoms with E-state index < -0.39 is 12.6 Å². The van der Waals surface area contributed by atoms with Gasteiger partial charge in [0, 0.05) is 33.9 Å². The van der Waals surface area contributed by atoms with Crippen molar-refractivity contribution in [1.29, 1.82) is 0 Å². The van der Waals surface area contributed by atoms with Gasteiger partial charge in [-0.2, -0.15) is 13.2 Å². The van der Waals surface area contributed by atoms with E-state index in [0.717, 1.165) is 6.42 Å². The minimum atomic E-state index is -4.14. The van der Waals surface area contributed by atoms with Gasteiger partial charge in [0.25, 0.3) is 0 Å². The smallest absolute Gasteiger partial charge is 0.385 e. The fraction of sp³-hybridized carbons (Fsp3) is 0.889. The van der Waals surface area contributed by atoms with Crippen molar-refractivity contribution in [2.75, 3.05) is 33.9 Å². The SMILES string of the molecule is CN=C(NCCCOC)NCCC(F)(F)F. The summed E-state index contributed by atoms with van der Waals surface area (Å²) >= 11 is 0. The molecule has 0 rings (SSSR count). The topological polar surface area (TPSA) is 45.7 Å². The summed E-state index contributed by atoms with van der Waals surface area (Å²) in [6.07, 6.45) is -4.23. The molecule has 0 aliphatic heterocycles. The first-order valence-corrected chi connectivity index (χ1v) is 5.00. The third-order valence-electron chi connectivity index (χ3n) is 1.74. The highest BCUT2D eigenvalue weighted by molar-refractivity contribution is 5.79. The minimum Gasteiger partial charge on any atom is -0.385 e. The third kappa shape index (κ3) is 9.57. The lowest BCUT2D eigenvalue weighted by molar-refractivity contribution is -0.132. The summed E-state index contributed by atoms with van der Waals surface area (Å²) < 4.78 is 40.4. The number of nitrogens with one attached hydrogen (secondary N) is 2. The maximum atomic E-state index is 11.8. The number of alkyl halides is 3. The average Bonchev–Trinajstić information content (AvgIpc) is 2.20. The Morgan fingerprint density at radius 3 is 2.38 bits per heavy atom. The second-order valence-electron chi connectivity index (χ2n) is 3.14. The van der Waals surface area contributed by atoms with Gasteiger partial charge in [0.2, 0.25) is 0 Å². The van der Waals surface area contributed by atoms with Crippen LogP contribution in [0.15, 0.2) is 4.99 Å². The van der Waals surface area contributed by atoms with Gasteiger partial charge in [-0.25, -0.2) is 0 Å². The van der Waals surface area contributed by atoms with Crippen molar-refractivity contribution in [3.63, 3.8) is 0 Å². The summed E-state index contributed by atoms with van der Waals surface area (Å²) in [4.78, 5) is 3.79. The molecule has 96 valence electrons. The van der Waals surface area contributed by atoms with Gasteiger partial charge in [-0.1, -0.05) is 0 Å². The first-order chi connectivity index (χ1) is 7.49. The van der Waals surface area contributed by atoms with Crippen LogP contribution in [0.4, 0.5) is 13.2 Å². The van der Waals surface area contributed by atoms with E-state index in [4.69, 9.17) is 4.74 Å². The molecular weight excluding hydrogens is 223 g/mol. The zero-order valence-electron chi connectivity index (χ0n) is 9.52.